The summed E-state index contributed by atoms with van der Waals surface area (Å²) in [5.74, 6) is 3.29. The Balaban J connectivity index is 0.000000286. The van der Waals surface area contributed by atoms with Gasteiger partial charge in [0.05, 0.1) is 17.2 Å². The minimum absolute atomic E-state index is 0.00444. The molecule has 0 aliphatic carbocycles. The number of hydrogen-bond donors (Lipinski definition) is 0. The van der Waals surface area contributed by atoms with E-state index in [-0.39, 0.29) is 29.8 Å². The van der Waals surface area contributed by atoms with Gasteiger partial charge in [-0.15, -0.1) is 0 Å². The summed E-state index contributed by atoms with van der Waals surface area (Å²) in [7, 11) is 0. The van der Waals surface area contributed by atoms with Gasteiger partial charge in [0.15, 0.2) is 0 Å². The van der Waals surface area contributed by atoms with Crippen molar-refractivity contribution >= 4 is 40.7 Å². The first-order valence-electron chi connectivity index (χ1n) is 18.5. The molecule has 1 amide bonds. The number of piperidine rings is 3. The SMILES string of the molecule is C[C@H](Oc1ccc(Cl)cc1)[C@H]1CCN(C(=O)C2CCN(c3ccc(C#N)cn3)CC2)C[C@@H]1c1ccc(Cl)cc1.N#Cc1ccc(N2CCCCC2)nc1. The number of carbonyl (C=O) groups excluding carboxylic acids is 1. The fraction of sp³-hybridized carbons (Fsp3) is 0.405. The van der Waals surface area contributed by atoms with E-state index in [2.05, 4.69) is 55.9 Å². The molecule has 0 radical (unpaired) electrons. The third-order valence-electron chi connectivity index (χ3n) is 10.6. The lowest BCUT2D eigenvalue weighted by molar-refractivity contribution is -0.138. The van der Waals surface area contributed by atoms with Crippen molar-refractivity contribution in [3.8, 4) is 17.9 Å². The van der Waals surface area contributed by atoms with Crippen LogP contribution in [0.3, 0.4) is 0 Å². The Labute approximate surface area is 322 Å². The van der Waals surface area contributed by atoms with Gasteiger partial charge in [0.25, 0.3) is 0 Å². The molecule has 3 aliphatic heterocycles. The molecular formula is C42H45Cl2N7O2. The molecule has 274 valence electrons. The van der Waals surface area contributed by atoms with Gasteiger partial charge in [-0.3, -0.25) is 4.79 Å². The third-order valence-corrected chi connectivity index (χ3v) is 11.1. The van der Waals surface area contributed by atoms with Crippen LogP contribution in [0.1, 0.15) is 68.1 Å². The number of likely N-dealkylation sites (tertiary alicyclic amines) is 1. The summed E-state index contributed by atoms with van der Waals surface area (Å²) >= 11 is 12.3. The van der Waals surface area contributed by atoms with E-state index in [0.29, 0.717) is 27.7 Å². The van der Waals surface area contributed by atoms with E-state index in [9.17, 15) is 4.79 Å². The van der Waals surface area contributed by atoms with Gasteiger partial charge < -0.3 is 19.4 Å². The van der Waals surface area contributed by atoms with E-state index >= 15 is 0 Å². The van der Waals surface area contributed by atoms with Gasteiger partial charge in [0.1, 0.15) is 29.5 Å². The van der Waals surface area contributed by atoms with E-state index < -0.39 is 0 Å². The fourth-order valence-corrected chi connectivity index (χ4v) is 7.88. The number of benzene rings is 2. The minimum Gasteiger partial charge on any atom is -0.490 e. The summed E-state index contributed by atoms with van der Waals surface area (Å²) in [6, 6.07) is 27.1. The molecule has 3 fully saturated rings. The van der Waals surface area contributed by atoms with Crippen LogP contribution < -0.4 is 14.5 Å². The Morgan fingerprint density at radius 2 is 1.28 bits per heavy atom. The summed E-state index contributed by atoms with van der Waals surface area (Å²) in [5, 5.41) is 19.0. The highest BCUT2D eigenvalue weighted by atomic mass is 35.5. The Morgan fingerprint density at radius 3 is 1.81 bits per heavy atom. The first-order chi connectivity index (χ1) is 25.8. The minimum atomic E-state index is -0.0349. The van der Waals surface area contributed by atoms with Gasteiger partial charge >= 0.3 is 0 Å². The fourth-order valence-electron chi connectivity index (χ4n) is 7.63. The molecule has 2 aromatic carbocycles. The van der Waals surface area contributed by atoms with Crippen LogP contribution in [-0.2, 0) is 4.79 Å². The zero-order valence-electron chi connectivity index (χ0n) is 30.1. The maximum absolute atomic E-state index is 13.7. The van der Waals surface area contributed by atoms with Crippen LogP contribution in [0, 0.1) is 34.5 Å². The summed E-state index contributed by atoms with van der Waals surface area (Å²) in [5.41, 5.74) is 2.36. The maximum Gasteiger partial charge on any atom is 0.225 e. The molecule has 5 heterocycles. The largest absolute Gasteiger partial charge is 0.490 e. The molecule has 9 nitrogen and oxygen atoms in total. The van der Waals surface area contributed by atoms with Crippen molar-refractivity contribution in [2.24, 2.45) is 11.8 Å². The molecule has 7 rings (SSSR count). The van der Waals surface area contributed by atoms with E-state index in [1.54, 1.807) is 18.5 Å². The normalized spacial score (nSPS) is 19.6. The van der Waals surface area contributed by atoms with E-state index in [0.717, 1.165) is 69.4 Å². The van der Waals surface area contributed by atoms with E-state index in [1.165, 1.54) is 24.8 Å². The molecule has 0 spiro atoms. The molecule has 11 heteroatoms. The van der Waals surface area contributed by atoms with Gasteiger partial charge in [0.2, 0.25) is 5.91 Å². The van der Waals surface area contributed by atoms with Crippen LogP contribution >= 0.6 is 23.2 Å². The molecule has 0 bridgehead atoms. The number of hydrogen-bond acceptors (Lipinski definition) is 8. The number of aromatic nitrogens is 2. The number of ether oxygens (including phenoxy) is 1. The predicted molar refractivity (Wildman–Crippen MR) is 209 cm³/mol. The van der Waals surface area contributed by atoms with Crippen molar-refractivity contribution in [3.63, 3.8) is 0 Å². The summed E-state index contributed by atoms with van der Waals surface area (Å²) < 4.78 is 6.35. The average molecular weight is 751 g/mol. The lowest BCUT2D eigenvalue weighted by Gasteiger charge is -2.43. The number of nitriles is 2. The Bertz CT molecular complexity index is 1860. The van der Waals surface area contributed by atoms with Gasteiger partial charge in [-0.1, -0.05) is 35.3 Å². The highest BCUT2D eigenvalue weighted by molar-refractivity contribution is 6.30. The third kappa shape index (κ3) is 9.99. The molecular weight excluding hydrogens is 705 g/mol. The molecule has 53 heavy (non-hydrogen) atoms. The molecule has 0 N–H and O–H groups in total. The Kier molecular flexibility index (Phi) is 13.1. The molecule has 2 aromatic heterocycles. The van der Waals surface area contributed by atoms with Crippen LogP contribution in [0.4, 0.5) is 11.6 Å². The van der Waals surface area contributed by atoms with Crippen molar-refractivity contribution < 1.29 is 9.53 Å². The van der Waals surface area contributed by atoms with Crippen LogP contribution in [-0.4, -0.2) is 66.1 Å². The van der Waals surface area contributed by atoms with Gasteiger partial charge in [-0.05, 0) is 112 Å². The topological polar surface area (TPSA) is 109 Å². The monoisotopic (exact) mass is 749 g/mol. The quantitative estimate of drug-likeness (QED) is 0.185. The number of pyridine rings is 2. The highest BCUT2D eigenvalue weighted by Crippen LogP contribution is 2.38. The molecule has 0 saturated carbocycles. The highest BCUT2D eigenvalue weighted by Gasteiger charge is 2.39. The van der Waals surface area contributed by atoms with Gasteiger partial charge in [0, 0.05) is 79.5 Å². The van der Waals surface area contributed by atoms with Crippen molar-refractivity contribution in [3.05, 3.63) is 112 Å². The van der Waals surface area contributed by atoms with Crippen LogP contribution in [0.25, 0.3) is 0 Å². The average Bonchev–Trinajstić information content (AvgIpc) is 3.22. The van der Waals surface area contributed by atoms with E-state index in [1.807, 2.05) is 54.6 Å². The Morgan fingerprint density at radius 1 is 0.736 bits per heavy atom. The Hall–Kier alpha value is -4.83. The number of rotatable bonds is 7. The number of anilines is 2. The predicted octanol–water partition coefficient (Wildman–Crippen LogP) is 8.52. The molecule has 3 saturated heterocycles. The summed E-state index contributed by atoms with van der Waals surface area (Å²) in [4.78, 5) is 28.9. The second kappa shape index (κ2) is 18.3. The van der Waals surface area contributed by atoms with Gasteiger partial charge in [-0.25, -0.2) is 9.97 Å². The lowest BCUT2D eigenvalue weighted by atomic mass is 9.77. The van der Waals surface area contributed by atoms with Crippen molar-refractivity contribution in [1.82, 2.24) is 14.9 Å². The molecule has 4 aromatic rings. The van der Waals surface area contributed by atoms with E-state index in [4.69, 9.17) is 38.5 Å². The van der Waals surface area contributed by atoms with Crippen molar-refractivity contribution in [2.75, 3.05) is 49.1 Å². The first kappa shape index (κ1) is 37.9. The number of nitrogens with zero attached hydrogens (tertiary/aromatic N) is 7. The maximum atomic E-state index is 13.7. The first-order valence-corrected chi connectivity index (χ1v) is 19.3. The van der Waals surface area contributed by atoms with Crippen LogP contribution in [0.2, 0.25) is 10.0 Å². The summed E-state index contributed by atoms with van der Waals surface area (Å²) in [6.45, 7) is 7.25. The number of halogens is 2. The number of carbonyl (C=O) groups is 1. The lowest BCUT2D eigenvalue weighted by Crippen LogP contribution is -2.49. The molecule has 0 unspecified atom stereocenters. The standard InChI is InChI=1S/C31H32Cl2N4O2.C11H13N3/c1-21(39-27-9-7-26(33)8-10-27)28-14-17-37(20-29(28)23-3-5-25(32)6-4-23)31(38)24-12-15-36(16-13-24)30-11-2-22(18-34)19-35-30;12-8-10-4-5-11(13-9-10)14-6-2-1-3-7-14/h2-11,19,21,24,28-29H,12-17,20H2,1H3;4-5,9H,1-3,6-7H2/t21-,28+,29+;/m0./s1. The van der Waals surface area contributed by atoms with Gasteiger partial charge in [-0.2, -0.15) is 10.5 Å². The zero-order valence-corrected chi connectivity index (χ0v) is 31.6. The second-order valence-corrected chi connectivity index (χ2v) is 14.9. The molecule has 3 atom stereocenters. The van der Waals surface area contributed by atoms with Crippen LogP contribution in [0.5, 0.6) is 5.75 Å². The summed E-state index contributed by atoms with van der Waals surface area (Å²) in [6.07, 6.45) is 9.49. The van der Waals surface area contributed by atoms with Crippen molar-refractivity contribution in [2.45, 2.75) is 57.5 Å². The molecule has 3 aliphatic rings. The zero-order chi connectivity index (χ0) is 37.2. The smallest absolute Gasteiger partial charge is 0.225 e. The number of amides is 1. The second-order valence-electron chi connectivity index (χ2n) is 14.0. The van der Waals surface area contributed by atoms with Crippen LogP contribution in [0.15, 0.2) is 85.2 Å². The van der Waals surface area contributed by atoms with Crippen molar-refractivity contribution in [1.29, 1.82) is 10.5 Å².